The molecule has 122 valence electrons. The topological polar surface area (TPSA) is 70.1 Å². The van der Waals surface area contributed by atoms with Crippen molar-refractivity contribution in [3.8, 4) is 11.7 Å². The summed E-state index contributed by atoms with van der Waals surface area (Å²) < 4.78 is 9.32. The Morgan fingerprint density at radius 2 is 2.04 bits per heavy atom. The van der Waals surface area contributed by atoms with Crippen LogP contribution >= 0.6 is 0 Å². The van der Waals surface area contributed by atoms with E-state index in [0.29, 0.717) is 5.88 Å². The van der Waals surface area contributed by atoms with E-state index in [4.69, 9.17) is 9.72 Å². The van der Waals surface area contributed by atoms with Crippen molar-refractivity contribution in [3.63, 3.8) is 0 Å². The molecule has 0 saturated heterocycles. The molecule has 7 nitrogen and oxygen atoms in total. The highest BCUT2D eigenvalue weighted by molar-refractivity contribution is 5.79. The van der Waals surface area contributed by atoms with E-state index in [1.807, 2.05) is 36.0 Å². The van der Waals surface area contributed by atoms with Gasteiger partial charge in [-0.25, -0.2) is 15.0 Å². The average Bonchev–Trinajstić information content (AvgIpc) is 3.21. The van der Waals surface area contributed by atoms with Gasteiger partial charge in [-0.3, -0.25) is 8.97 Å². The van der Waals surface area contributed by atoms with Gasteiger partial charge in [0.2, 0.25) is 5.88 Å². The lowest BCUT2D eigenvalue weighted by Gasteiger charge is -2.11. The van der Waals surface area contributed by atoms with Gasteiger partial charge in [-0.15, -0.1) is 0 Å². The second-order valence-corrected chi connectivity index (χ2v) is 5.62. The normalized spacial score (nSPS) is 11.5. The molecule has 0 atom stereocenters. The van der Waals surface area contributed by atoms with Crippen LogP contribution < -0.4 is 4.74 Å². The van der Waals surface area contributed by atoms with Crippen LogP contribution in [0.25, 0.3) is 22.5 Å². The van der Waals surface area contributed by atoms with Crippen LogP contribution in [0.4, 0.5) is 0 Å². The summed E-state index contributed by atoms with van der Waals surface area (Å²) >= 11 is 0. The molecule has 4 rings (SSSR count). The van der Waals surface area contributed by atoms with Gasteiger partial charge in [0.15, 0.2) is 11.5 Å². The molecule has 0 aromatic carbocycles. The lowest BCUT2D eigenvalue weighted by Crippen LogP contribution is -2.06. The third kappa shape index (κ3) is 2.12. The fourth-order valence-electron chi connectivity index (χ4n) is 2.92. The summed E-state index contributed by atoms with van der Waals surface area (Å²) in [5.74, 6) is 3.22. The molecule has 24 heavy (non-hydrogen) atoms. The van der Waals surface area contributed by atoms with E-state index in [9.17, 15) is 0 Å². The zero-order valence-electron chi connectivity index (χ0n) is 13.9. The Morgan fingerprint density at radius 3 is 2.75 bits per heavy atom. The van der Waals surface area contributed by atoms with Gasteiger partial charge in [-0.2, -0.15) is 4.98 Å². The summed E-state index contributed by atoms with van der Waals surface area (Å²) in [4.78, 5) is 18.3. The van der Waals surface area contributed by atoms with Gasteiger partial charge in [0.1, 0.15) is 22.7 Å². The molecule has 0 bridgehead atoms. The molecule has 0 amide bonds. The highest BCUT2D eigenvalue weighted by Crippen LogP contribution is 2.24. The van der Waals surface area contributed by atoms with Crippen molar-refractivity contribution in [2.45, 2.75) is 26.7 Å². The molecule has 0 aliphatic carbocycles. The number of ether oxygens (including phenoxy) is 1. The standard InChI is InChI=1S/C17H18N6O/c1-4-5-14-19-10-13-17(22-9-8-18-11(22)2)20-12-6-7-15(24-3)21-16(12)23(13)14/h6-10H,4-5H2,1-3H3. The summed E-state index contributed by atoms with van der Waals surface area (Å²) in [6.45, 7) is 4.09. The molecule has 0 saturated carbocycles. The number of fused-ring (bicyclic) bond motifs is 3. The zero-order valence-corrected chi connectivity index (χ0v) is 13.9. The molecule has 0 radical (unpaired) electrons. The van der Waals surface area contributed by atoms with E-state index in [1.165, 1.54) is 0 Å². The fraction of sp³-hybridized carbons (Fsp3) is 0.294. The van der Waals surface area contributed by atoms with Crippen LogP contribution in [0, 0.1) is 6.92 Å². The number of aromatic nitrogens is 6. The van der Waals surface area contributed by atoms with Crippen molar-refractivity contribution < 1.29 is 4.74 Å². The van der Waals surface area contributed by atoms with Crippen molar-refractivity contribution >= 4 is 16.7 Å². The maximum atomic E-state index is 5.28. The van der Waals surface area contributed by atoms with Gasteiger partial charge in [-0.05, 0) is 19.4 Å². The minimum atomic E-state index is 0.563. The van der Waals surface area contributed by atoms with Gasteiger partial charge < -0.3 is 4.74 Å². The first-order chi connectivity index (χ1) is 11.7. The van der Waals surface area contributed by atoms with Crippen molar-refractivity contribution in [3.05, 3.63) is 42.4 Å². The highest BCUT2D eigenvalue weighted by atomic mass is 16.5. The molecule has 0 unspecified atom stereocenters. The third-order valence-electron chi connectivity index (χ3n) is 4.07. The Bertz CT molecular complexity index is 1030. The number of aryl methyl sites for hydroxylation is 2. The molecule has 0 fully saturated rings. The predicted octanol–water partition coefficient (Wildman–Crippen LogP) is 2.73. The Morgan fingerprint density at radius 1 is 1.17 bits per heavy atom. The Hall–Kier alpha value is -2.96. The number of rotatable bonds is 4. The van der Waals surface area contributed by atoms with E-state index in [2.05, 4.69) is 26.3 Å². The molecular weight excluding hydrogens is 304 g/mol. The summed E-state index contributed by atoms with van der Waals surface area (Å²) in [7, 11) is 1.61. The van der Waals surface area contributed by atoms with Crippen LogP contribution in [0.3, 0.4) is 0 Å². The number of methoxy groups -OCH3 is 1. The summed E-state index contributed by atoms with van der Waals surface area (Å²) in [6.07, 6.45) is 7.41. The number of nitrogens with zero attached hydrogens (tertiary/aromatic N) is 6. The largest absolute Gasteiger partial charge is 0.481 e. The maximum absolute atomic E-state index is 5.28. The van der Waals surface area contributed by atoms with Gasteiger partial charge in [0, 0.05) is 24.9 Å². The second kappa shape index (κ2) is 5.59. The van der Waals surface area contributed by atoms with Crippen molar-refractivity contribution in [2.24, 2.45) is 0 Å². The number of hydrogen-bond acceptors (Lipinski definition) is 5. The van der Waals surface area contributed by atoms with Crippen molar-refractivity contribution in [2.75, 3.05) is 7.11 Å². The van der Waals surface area contributed by atoms with E-state index < -0.39 is 0 Å². The summed E-state index contributed by atoms with van der Waals surface area (Å²) in [5.41, 5.74) is 2.46. The summed E-state index contributed by atoms with van der Waals surface area (Å²) in [6, 6.07) is 3.74. The predicted molar refractivity (Wildman–Crippen MR) is 90.7 cm³/mol. The fourth-order valence-corrected chi connectivity index (χ4v) is 2.92. The van der Waals surface area contributed by atoms with Crippen molar-refractivity contribution in [1.29, 1.82) is 0 Å². The van der Waals surface area contributed by atoms with Gasteiger partial charge in [0.05, 0.1) is 13.3 Å². The molecule has 4 aromatic rings. The van der Waals surface area contributed by atoms with Crippen LogP contribution in [-0.2, 0) is 6.42 Å². The minimum absolute atomic E-state index is 0.563. The molecule has 0 N–H and O–H groups in total. The molecule has 0 spiro atoms. The Balaban J connectivity index is 2.12. The lowest BCUT2D eigenvalue weighted by atomic mass is 10.3. The maximum Gasteiger partial charge on any atom is 0.215 e. The van der Waals surface area contributed by atoms with Crippen molar-refractivity contribution in [1.82, 2.24) is 28.9 Å². The average molecular weight is 322 g/mol. The molecular formula is C17H18N6O. The first-order valence-corrected chi connectivity index (χ1v) is 7.94. The molecule has 7 heteroatoms. The van der Waals surface area contributed by atoms with Crippen LogP contribution in [0.5, 0.6) is 5.88 Å². The number of pyridine rings is 1. The highest BCUT2D eigenvalue weighted by Gasteiger charge is 2.16. The molecule has 0 aliphatic rings. The first kappa shape index (κ1) is 14.6. The smallest absolute Gasteiger partial charge is 0.215 e. The third-order valence-corrected chi connectivity index (χ3v) is 4.07. The van der Waals surface area contributed by atoms with Crippen LogP contribution in [0.2, 0.25) is 0 Å². The SMILES string of the molecule is CCCc1ncc2c(-n3ccnc3C)nc3ccc(OC)nc3n12. The Labute approximate surface area is 139 Å². The van der Waals surface area contributed by atoms with E-state index in [0.717, 1.165) is 47.0 Å². The quantitative estimate of drug-likeness (QED) is 0.578. The monoisotopic (exact) mass is 322 g/mol. The molecule has 4 heterocycles. The van der Waals surface area contributed by atoms with Crippen LogP contribution in [-0.4, -0.2) is 36.0 Å². The zero-order chi connectivity index (χ0) is 16.7. The van der Waals surface area contributed by atoms with E-state index in [-0.39, 0.29) is 0 Å². The second-order valence-electron chi connectivity index (χ2n) is 5.62. The van der Waals surface area contributed by atoms with E-state index >= 15 is 0 Å². The first-order valence-electron chi connectivity index (χ1n) is 7.94. The molecule has 0 aliphatic heterocycles. The minimum Gasteiger partial charge on any atom is -0.481 e. The number of hydrogen-bond donors (Lipinski definition) is 0. The summed E-state index contributed by atoms with van der Waals surface area (Å²) in [5, 5.41) is 0. The van der Waals surface area contributed by atoms with Crippen LogP contribution in [0.1, 0.15) is 25.0 Å². The lowest BCUT2D eigenvalue weighted by molar-refractivity contribution is 0.399. The van der Waals surface area contributed by atoms with E-state index in [1.54, 1.807) is 13.3 Å². The van der Waals surface area contributed by atoms with Gasteiger partial charge >= 0.3 is 0 Å². The Kier molecular flexibility index (Phi) is 3.41. The van der Waals surface area contributed by atoms with Crippen LogP contribution in [0.15, 0.2) is 30.7 Å². The van der Waals surface area contributed by atoms with Gasteiger partial charge in [-0.1, -0.05) is 6.92 Å². The molecule has 4 aromatic heterocycles. The number of imidazole rings is 2. The van der Waals surface area contributed by atoms with Gasteiger partial charge in [0.25, 0.3) is 0 Å².